The highest BCUT2D eigenvalue weighted by Gasteiger charge is 2.41. The molecule has 0 aliphatic rings. The number of aromatic nitrogens is 5. The Morgan fingerprint density at radius 1 is 1.09 bits per heavy atom. The lowest BCUT2D eigenvalue weighted by Gasteiger charge is -2.10. The molecular weight excluding hydrogens is 528 g/mol. The Kier molecular flexibility index (Phi) is 5.45. The van der Waals surface area contributed by atoms with Gasteiger partial charge in [0.25, 0.3) is 5.91 Å². The van der Waals surface area contributed by atoms with E-state index >= 15 is 0 Å². The van der Waals surface area contributed by atoms with Crippen molar-refractivity contribution in [2.24, 2.45) is 0 Å². The summed E-state index contributed by atoms with van der Waals surface area (Å²) in [6, 6.07) is 4.22. The van der Waals surface area contributed by atoms with Crippen LogP contribution < -0.4 is 0 Å². The zero-order valence-corrected chi connectivity index (χ0v) is 17.7. The lowest BCUT2D eigenvalue weighted by atomic mass is 10.1. The summed E-state index contributed by atoms with van der Waals surface area (Å²) < 4.78 is 82.1. The first-order valence-electron chi connectivity index (χ1n) is 8.49. The van der Waals surface area contributed by atoms with Crippen molar-refractivity contribution in [1.29, 1.82) is 0 Å². The Morgan fingerprint density at radius 2 is 1.84 bits per heavy atom. The maximum atomic E-state index is 13.8. The summed E-state index contributed by atoms with van der Waals surface area (Å²) in [5.74, 6) is -1.00. The van der Waals surface area contributed by atoms with Gasteiger partial charge in [-0.05, 0) is 28.1 Å². The van der Waals surface area contributed by atoms with Crippen LogP contribution in [0.5, 0.6) is 0 Å². The van der Waals surface area contributed by atoms with Crippen molar-refractivity contribution in [2.45, 2.75) is 12.4 Å². The van der Waals surface area contributed by atoms with Crippen LogP contribution in [0.3, 0.4) is 0 Å². The zero-order valence-electron chi connectivity index (χ0n) is 15.3. The van der Waals surface area contributed by atoms with E-state index in [-0.39, 0.29) is 20.2 Å². The standard InChI is InChI=1S/C18H8BrF6N5OS/c19-14-12(9-2-1-3-10(6-9)17(20,21)22)28-16(32-14)30-13(18(23,24)25)11(7-27-30)15(31)29-5-4-26-8-29/h1-8H. The van der Waals surface area contributed by atoms with Crippen molar-refractivity contribution in [3.8, 4) is 16.4 Å². The fraction of sp³-hybridized carbons (Fsp3) is 0.111. The molecule has 0 radical (unpaired) electrons. The monoisotopic (exact) mass is 535 g/mol. The van der Waals surface area contributed by atoms with Gasteiger partial charge < -0.3 is 0 Å². The van der Waals surface area contributed by atoms with E-state index in [9.17, 15) is 31.1 Å². The van der Waals surface area contributed by atoms with Gasteiger partial charge in [0, 0.05) is 18.0 Å². The van der Waals surface area contributed by atoms with Crippen molar-refractivity contribution < 1.29 is 31.1 Å². The van der Waals surface area contributed by atoms with Crippen LogP contribution in [0.15, 0.2) is 53.0 Å². The largest absolute Gasteiger partial charge is 0.434 e. The predicted octanol–water partition coefficient (Wildman–Crippen LogP) is 5.68. The molecule has 3 aromatic heterocycles. The molecule has 0 N–H and O–H groups in total. The Morgan fingerprint density at radius 3 is 2.47 bits per heavy atom. The second-order valence-electron chi connectivity index (χ2n) is 6.29. The third-order valence-electron chi connectivity index (χ3n) is 4.23. The molecule has 0 spiro atoms. The van der Waals surface area contributed by atoms with Gasteiger partial charge in [-0.3, -0.25) is 9.36 Å². The van der Waals surface area contributed by atoms with Crippen LogP contribution >= 0.6 is 27.3 Å². The average Bonchev–Trinajstić information content (AvgIpc) is 3.45. The summed E-state index contributed by atoms with van der Waals surface area (Å²) >= 11 is 3.86. The van der Waals surface area contributed by atoms with Crippen molar-refractivity contribution in [2.75, 3.05) is 0 Å². The van der Waals surface area contributed by atoms with Gasteiger partial charge in [0.1, 0.15) is 6.33 Å². The average molecular weight is 536 g/mol. The van der Waals surface area contributed by atoms with E-state index in [2.05, 4.69) is 31.0 Å². The molecule has 166 valence electrons. The molecule has 0 unspecified atom stereocenters. The Balaban J connectivity index is 1.82. The highest BCUT2D eigenvalue weighted by Crippen LogP contribution is 2.40. The maximum absolute atomic E-state index is 13.8. The maximum Gasteiger partial charge on any atom is 0.434 e. The lowest BCUT2D eigenvalue weighted by molar-refractivity contribution is -0.143. The molecule has 0 fully saturated rings. The number of halogens is 7. The summed E-state index contributed by atoms with van der Waals surface area (Å²) in [5, 5.41) is 3.39. The molecule has 32 heavy (non-hydrogen) atoms. The number of carbonyl (C=O) groups is 1. The fourth-order valence-corrected chi connectivity index (χ4v) is 4.38. The number of hydrogen-bond donors (Lipinski definition) is 0. The summed E-state index contributed by atoms with van der Waals surface area (Å²) in [5.41, 5.74) is -2.98. The summed E-state index contributed by atoms with van der Waals surface area (Å²) in [4.78, 5) is 20.2. The Bertz CT molecular complexity index is 1290. The smallest absolute Gasteiger partial charge is 0.272 e. The van der Waals surface area contributed by atoms with Crippen molar-refractivity contribution >= 4 is 33.2 Å². The number of benzene rings is 1. The van der Waals surface area contributed by atoms with E-state index in [0.717, 1.165) is 40.6 Å². The number of carbonyl (C=O) groups excluding carboxylic acids is 1. The SMILES string of the molecule is O=C(c1cnn(-c2nc(-c3cccc(C(F)(F)F)c3)c(Br)s2)c1C(F)(F)F)n1ccnc1. The van der Waals surface area contributed by atoms with Crippen LogP contribution in [0, 0.1) is 0 Å². The molecule has 1 aromatic carbocycles. The van der Waals surface area contributed by atoms with Gasteiger partial charge in [-0.1, -0.05) is 23.5 Å². The molecule has 0 bridgehead atoms. The number of nitrogens with zero attached hydrogens (tertiary/aromatic N) is 5. The van der Waals surface area contributed by atoms with Gasteiger partial charge in [0.2, 0.25) is 5.13 Å². The van der Waals surface area contributed by atoms with Gasteiger partial charge in [-0.15, -0.1) is 0 Å². The Labute approximate surface area is 187 Å². The topological polar surface area (TPSA) is 65.6 Å². The second-order valence-corrected chi connectivity index (χ2v) is 8.58. The number of rotatable bonds is 3. The number of hydrogen-bond acceptors (Lipinski definition) is 5. The van der Waals surface area contributed by atoms with E-state index in [1.807, 2.05) is 0 Å². The second kappa shape index (κ2) is 7.85. The number of alkyl halides is 6. The van der Waals surface area contributed by atoms with Crippen LogP contribution in [0.4, 0.5) is 26.3 Å². The van der Waals surface area contributed by atoms with Gasteiger partial charge in [-0.25, -0.2) is 14.6 Å². The minimum Gasteiger partial charge on any atom is -0.272 e. The van der Waals surface area contributed by atoms with Gasteiger partial charge >= 0.3 is 12.4 Å². The van der Waals surface area contributed by atoms with E-state index < -0.39 is 35.1 Å². The van der Waals surface area contributed by atoms with Crippen molar-refractivity contribution in [3.63, 3.8) is 0 Å². The molecule has 0 aliphatic carbocycles. The third kappa shape index (κ3) is 4.07. The summed E-state index contributed by atoms with van der Waals surface area (Å²) in [6.45, 7) is 0. The van der Waals surface area contributed by atoms with Crippen LogP contribution in [-0.4, -0.2) is 30.2 Å². The highest BCUT2D eigenvalue weighted by atomic mass is 79.9. The first-order chi connectivity index (χ1) is 15.0. The van der Waals surface area contributed by atoms with E-state index in [4.69, 9.17) is 0 Å². The molecule has 0 amide bonds. The summed E-state index contributed by atoms with van der Waals surface area (Å²) in [7, 11) is 0. The molecule has 0 atom stereocenters. The van der Waals surface area contributed by atoms with Crippen molar-refractivity contribution in [3.05, 3.63) is 69.8 Å². The normalized spacial score (nSPS) is 12.3. The third-order valence-corrected chi connectivity index (χ3v) is 5.91. The first-order valence-corrected chi connectivity index (χ1v) is 10.1. The molecule has 14 heteroatoms. The molecule has 3 heterocycles. The van der Waals surface area contributed by atoms with E-state index in [1.165, 1.54) is 24.5 Å². The van der Waals surface area contributed by atoms with Crippen molar-refractivity contribution in [1.82, 2.24) is 24.3 Å². The molecule has 4 rings (SSSR count). The minimum atomic E-state index is -4.98. The highest BCUT2D eigenvalue weighted by molar-refractivity contribution is 9.11. The number of thiazole rings is 1. The zero-order chi connectivity index (χ0) is 23.3. The van der Waals surface area contributed by atoms with E-state index in [0.29, 0.717) is 4.68 Å². The van der Waals surface area contributed by atoms with Gasteiger partial charge in [-0.2, -0.15) is 31.4 Å². The van der Waals surface area contributed by atoms with Crippen LogP contribution in [0.2, 0.25) is 0 Å². The Hall–Kier alpha value is -3.00. The molecule has 6 nitrogen and oxygen atoms in total. The molecule has 0 saturated carbocycles. The molecule has 0 saturated heterocycles. The molecular formula is C18H8BrF6N5OS. The molecule has 4 aromatic rings. The minimum absolute atomic E-state index is 0.00205. The fourth-order valence-electron chi connectivity index (χ4n) is 2.84. The number of imidazole rings is 1. The first kappa shape index (κ1) is 22.2. The van der Waals surface area contributed by atoms with E-state index in [1.54, 1.807) is 0 Å². The molecule has 0 aliphatic heterocycles. The van der Waals surface area contributed by atoms with Crippen LogP contribution in [0.1, 0.15) is 21.6 Å². The van der Waals surface area contributed by atoms with Gasteiger partial charge in [0.05, 0.1) is 26.8 Å². The van der Waals surface area contributed by atoms with Crippen LogP contribution in [0.25, 0.3) is 16.4 Å². The quantitative estimate of drug-likeness (QED) is 0.316. The van der Waals surface area contributed by atoms with Gasteiger partial charge in [0.15, 0.2) is 5.69 Å². The predicted molar refractivity (Wildman–Crippen MR) is 104 cm³/mol. The summed E-state index contributed by atoms with van der Waals surface area (Å²) in [6.07, 6.45) is -5.36. The van der Waals surface area contributed by atoms with Crippen LogP contribution in [-0.2, 0) is 12.4 Å². The lowest BCUT2D eigenvalue weighted by Crippen LogP contribution is -2.20.